The van der Waals surface area contributed by atoms with Crippen LogP contribution in [0.3, 0.4) is 0 Å². The molecular weight excluding hydrogens is 424 g/mol. The average molecular weight is 446 g/mol. The second-order valence-corrected chi connectivity index (χ2v) is 7.47. The number of anilines is 1. The minimum atomic E-state index is -1.89. The van der Waals surface area contributed by atoms with Gasteiger partial charge in [0.1, 0.15) is 35.5 Å². The van der Waals surface area contributed by atoms with Crippen LogP contribution in [0, 0.1) is 0 Å². The van der Waals surface area contributed by atoms with Crippen LogP contribution in [0.5, 0.6) is 0 Å². The lowest BCUT2D eigenvalue weighted by atomic mass is 9.67. The summed E-state index contributed by atoms with van der Waals surface area (Å²) >= 11 is 0. The smallest absolute Gasteiger partial charge is 0.341 e. The van der Waals surface area contributed by atoms with Crippen LogP contribution in [0.1, 0.15) is 18.1 Å². The third-order valence-electron chi connectivity index (χ3n) is 5.48. The molecule has 0 radical (unpaired) electrons. The molecule has 2 aliphatic rings. The van der Waals surface area contributed by atoms with Gasteiger partial charge in [-0.25, -0.2) is 9.59 Å². The molecule has 1 spiro atoms. The summed E-state index contributed by atoms with van der Waals surface area (Å²) in [5.74, 6) is -2.62. The molecule has 2 heterocycles. The summed E-state index contributed by atoms with van der Waals surface area (Å²) in [4.78, 5) is 40.1. The first kappa shape index (κ1) is 21.9. The van der Waals surface area contributed by atoms with Gasteiger partial charge in [-0.2, -0.15) is 0 Å². The summed E-state index contributed by atoms with van der Waals surface area (Å²) in [5.41, 5.74) is 5.35. The van der Waals surface area contributed by atoms with Crippen LogP contribution in [0.4, 0.5) is 5.69 Å². The van der Waals surface area contributed by atoms with Crippen LogP contribution < -0.4 is 11.1 Å². The second-order valence-electron chi connectivity index (χ2n) is 7.47. The molecule has 0 saturated carbocycles. The number of carbonyl (C=O) groups excluding carboxylic acids is 3. The highest BCUT2D eigenvalue weighted by atomic mass is 16.5. The molecule has 3 N–H and O–H groups in total. The van der Waals surface area contributed by atoms with Gasteiger partial charge in [-0.3, -0.25) is 4.79 Å². The lowest BCUT2D eigenvalue weighted by Crippen LogP contribution is -2.48. The summed E-state index contributed by atoms with van der Waals surface area (Å²) in [6.45, 7) is 4.86. The number of fused-ring (bicyclic) bond motifs is 2. The molecule has 1 amide bonds. The van der Waals surface area contributed by atoms with Crippen molar-refractivity contribution in [1.29, 1.82) is 0 Å². The largest absolute Gasteiger partial charge is 0.458 e. The van der Waals surface area contributed by atoms with E-state index in [1.807, 2.05) is 18.2 Å². The molecule has 2 aliphatic heterocycles. The molecule has 0 unspecified atom stereocenters. The number of nitrogens with one attached hydrogen (secondary N) is 1. The molecule has 1 atom stereocenters. The normalized spacial score (nSPS) is 19.0. The molecule has 168 valence electrons. The van der Waals surface area contributed by atoms with Crippen molar-refractivity contribution >= 4 is 23.5 Å². The Morgan fingerprint density at radius 1 is 1.06 bits per heavy atom. The number of carbonyl (C=O) groups is 3. The number of hydrogen-bond donors (Lipinski definition) is 2. The van der Waals surface area contributed by atoms with Crippen LogP contribution >= 0.6 is 0 Å². The van der Waals surface area contributed by atoms with E-state index in [1.165, 1.54) is 13.0 Å². The number of para-hydroxylation sites is 1. The molecule has 8 heteroatoms. The fraction of sp³-hybridized carbons (Fsp3) is 0.160. The topological polar surface area (TPSA) is 117 Å². The van der Waals surface area contributed by atoms with E-state index in [0.717, 1.165) is 5.56 Å². The van der Waals surface area contributed by atoms with Gasteiger partial charge in [0.2, 0.25) is 11.8 Å². The first-order valence-corrected chi connectivity index (χ1v) is 10.2. The van der Waals surface area contributed by atoms with Crippen molar-refractivity contribution in [2.75, 3.05) is 11.9 Å². The Labute approximate surface area is 190 Å². The van der Waals surface area contributed by atoms with Crippen molar-refractivity contribution < 1.29 is 28.6 Å². The molecule has 0 fully saturated rings. The molecule has 33 heavy (non-hydrogen) atoms. The maximum atomic E-state index is 13.6. The lowest BCUT2D eigenvalue weighted by Gasteiger charge is -2.35. The maximum Gasteiger partial charge on any atom is 0.341 e. The molecule has 0 aromatic heterocycles. The molecule has 8 nitrogen and oxygen atoms in total. The monoisotopic (exact) mass is 446 g/mol. The first-order valence-electron chi connectivity index (χ1n) is 10.2. The van der Waals surface area contributed by atoms with E-state index >= 15 is 0 Å². The van der Waals surface area contributed by atoms with E-state index in [0.29, 0.717) is 11.3 Å². The van der Waals surface area contributed by atoms with Crippen molar-refractivity contribution in [3.63, 3.8) is 0 Å². The van der Waals surface area contributed by atoms with E-state index < -0.39 is 23.3 Å². The van der Waals surface area contributed by atoms with Gasteiger partial charge in [-0.15, -0.1) is 0 Å². The van der Waals surface area contributed by atoms with Gasteiger partial charge in [0, 0.05) is 11.3 Å². The number of benzene rings is 2. The van der Waals surface area contributed by atoms with Crippen LogP contribution in [-0.4, -0.2) is 24.5 Å². The molecular formula is C25H22N2O6. The van der Waals surface area contributed by atoms with Gasteiger partial charge >= 0.3 is 11.9 Å². The van der Waals surface area contributed by atoms with Crippen LogP contribution in [0.15, 0.2) is 90.0 Å². The summed E-state index contributed by atoms with van der Waals surface area (Å²) in [5, 5.41) is 2.74. The molecule has 0 aliphatic carbocycles. The van der Waals surface area contributed by atoms with Crippen LogP contribution in [0.25, 0.3) is 0 Å². The Bertz CT molecular complexity index is 1210. The summed E-state index contributed by atoms with van der Waals surface area (Å²) in [6.07, 6.45) is 1.38. The Morgan fingerprint density at radius 3 is 2.45 bits per heavy atom. The zero-order valence-electron chi connectivity index (χ0n) is 17.9. The minimum absolute atomic E-state index is 0.0365. The van der Waals surface area contributed by atoms with Gasteiger partial charge in [0.15, 0.2) is 0 Å². The first-order chi connectivity index (χ1) is 15.9. The molecule has 4 rings (SSSR count). The molecule has 2 aromatic rings. The maximum absolute atomic E-state index is 13.6. The number of allylic oxidation sites excluding steroid dienone is 1. The number of esters is 2. The Morgan fingerprint density at radius 2 is 1.73 bits per heavy atom. The van der Waals surface area contributed by atoms with Gasteiger partial charge < -0.3 is 25.3 Å². The number of hydrogen-bond acceptors (Lipinski definition) is 7. The number of ether oxygens (including phenoxy) is 3. The Hall–Kier alpha value is -4.33. The van der Waals surface area contributed by atoms with Gasteiger partial charge in [0.05, 0.1) is 0 Å². The van der Waals surface area contributed by atoms with E-state index in [-0.39, 0.29) is 36.0 Å². The zero-order valence-corrected chi connectivity index (χ0v) is 17.9. The Kier molecular flexibility index (Phi) is 5.74. The van der Waals surface area contributed by atoms with Crippen molar-refractivity contribution in [2.24, 2.45) is 5.73 Å². The number of rotatable bonds is 6. The summed E-state index contributed by atoms with van der Waals surface area (Å²) < 4.78 is 16.3. The third kappa shape index (κ3) is 3.55. The van der Waals surface area contributed by atoms with Crippen molar-refractivity contribution in [3.8, 4) is 0 Å². The highest BCUT2D eigenvalue weighted by molar-refractivity contribution is 6.21. The molecule has 2 aromatic carbocycles. The van der Waals surface area contributed by atoms with Crippen molar-refractivity contribution in [1.82, 2.24) is 0 Å². The minimum Gasteiger partial charge on any atom is -0.458 e. The van der Waals surface area contributed by atoms with E-state index in [2.05, 4.69) is 11.9 Å². The van der Waals surface area contributed by atoms with Gasteiger partial charge in [-0.1, -0.05) is 61.2 Å². The summed E-state index contributed by atoms with van der Waals surface area (Å²) in [7, 11) is 0. The zero-order chi connectivity index (χ0) is 23.6. The number of nitrogens with two attached hydrogens (primary N) is 1. The predicted octanol–water partition coefficient (Wildman–Crippen LogP) is 2.82. The number of amides is 1. The lowest BCUT2D eigenvalue weighted by molar-refractivity contribution is -0.144. The fourth-order valence-electron chi connectivity index (χ4n) is 4.15. The highest BCUT2D eigenvalue weighted by Crippen LogP contribution is 2.52. The molecule has 0 saturated heterocycles. The molecule has 0 bridgehead atoms. The van der Waals surface area contributed by atoms with E-state index in [1.54, 1.807) is 36.4 Å². The summed E-state index contributed by atoms with van der Waals surface area (Å²) in [6, 6.07) is 15.8. The third-order valence-corrected chi connectivity index (χ3v) is 5.48. The Balaban J connectivity index is 1.85. The fourth-order valence-corrected chi connectivity index (χ4v) is 4.15. The van der Waals surface area contributed by atoms with Gasteiger partial charge in [0.25, 0.3) is 0 Å². The SMILES string of the molecule is C=CCOC(=O)C1=C(N)OC(C)=C(C(=O)OCc2ccccc2)[C@]12C(=O)Nc1ccccc12. The van der Waals surface area contributed by atoms with Crippen LogP contribution in [0.2, 0.25) is 0 Å². The van der Waals surface area contributed by atoms with Gasteiger partial charge in [-0.05, 0) is 18.6 Å². The van der Waals surface area contributed by atoms with Crippen molar-refractivity contribution in [2.45, 2.75) is 18.9 Å². The van der Waals surface area contributed by atoms with E-state index in [9.17, 15) is 14.4 Å². The van der Waals surface area contributed by atoms with Crippen LogP contribution in [-0.2, 0) is 40.6 Å². The quantitative estimate of drug-likeness (QED) is 0.518. The second kappa shape index (κ2) is 8.66. The standard InChI is InChI=1S/C25H22N2O6/c1-3-13-31-23(29)20-21(26)33-15(2)19(22(28)32-14-16-9-5-4-6-10-16)25(20)17-11-7-8-12-18(17)27-24(25)30/h3-12H,1,13-14,26H2,2H3,(H,27,30)/t25-/m0/s1. The average Bonchev–Trinajstić information content (AvgIpc) is 3.08. The predicted molar refractivity (Wildman–Crippen MR) is 119 cm³/mol. The highest BCUT2D eigenvalue weighted by Gasteiger charge is 2.61. The van der Waals surface area contributed by atoms with Crippen molar-refractivity contribution in [3.05, 3.63) is 101 Å². The van der Waals surface area contributed by atoms with E-state index in [4.69, 9.17) is 19.9 Å².